The molecule has 188 valence electrons. The number of nitrogens with zero attached hydrogens (tertiary/aromatic N) is 5. The second kappa shape index (κ2) is 10.6. The molecular formula is C23H27Cl2FN6O3. The van der Waals surface area contributed by atoms with E-state index in [4.69, 9.17) is 9.47 Å². The number of likely N-dealkylation sites (tertiary alicyclic amines) is 1. The highest BCUT2D eigenvalue weighted by molar-refractivity contribution is 5.85. The minimum absolute atomic E-state index is 0. The lowest BCUT2D eigenvalue weighted by Crippen LogP contribution is -2.44. The maximum Gasteiger partial charge on any atom is 0.276 e. The molecule has 1 N–H and O–H groups in total. The summed E-state index contributed by atoms with van der Waals surface area (Å²) in [6.07, 6.45) is 3.86. The molecule has 0 amide bonds. The van der Waals surface area contributed by atoms with Gasteiger partial charge in [-0.25, -0.2) is 9.37 Å². The largest absolute Gasteiger partial charge is 0.484 e. The van der Waals surface area contributed by atoms with Crippen molar-refractivity contribution in [2.45, 2.75) is 37.9 Å². The predicted octanol–water partition coefficient (Wildman–Crippen LogP) is 2.29. The molecule has 5 heterocycles. The SMILES string of the molecule is Cl.Cl.O=c1cnc2ccc(F)c3c2n1C(CN1CCC(NCc2cc4c(nn2)OCCO4)CC1)C3. The molecule has 3 aromatic rings. The van der Waals surface area contributed by atoms with E-state index >= 15 is 0 Å². The molecule has 1 unspecified atom stereocenters. The molecule has 2 aromatic heterocycles. The van der Waals surface area contributed by atoms with Gasteiger partial charge in [0.05, 0.1) is 29.0 Å². The molecule has 1 atom stereocenters. The van der Waals surface area contributed by atoms with Gasteiger partial charge in [-0.1, -0.05) is 0 Å². The highest BCUT2D eigenvalue weighted by atomic mass is 35.5. The number of piperidine rings is 1. The van der Waals surface area contributed by atoms with E-state index in [0.717, 1.165) is 38.2 Å². The normalized spacial score (nSPS) is 19.3. The summed E-state index contributed by atoms with van der Waals surface area (Å²) < 4.78 is 27.2. The van der Waals surface area contributed by atoms with Gasteiger partial charge in [0.2, 0.25) is 0 Å². The first-order chi connectivity index (χ1) is 16.2. The lowest BCUT2D eigenvalue weighted by molar-refractivity contribution is 0.161. The minimum Gasteiger partial charge on any atom is -0.484 e. The monoisotopic (exact) mass is 524 g/mol. The van der Waals surface area contributed by atoms with Crippen molar-refractivity contribution in [3.8, 4) is 11.6 Å². The van der Waals surface area contributed by atoms with Crippen LogP contribution in [0.25, 0.3) is 11.0 Å². The first kappa shape index (κ1) is 25.6. The summed E-state index contributed by atoms with van der Waals surface area (Å²) >= 11 is 0. The van der Waals surface area contributed by atoms with Crippen LogP contribution in [-0.2, 0) is 13.0 Å². The summed E-state index contributed by atoms with van der Waals surface area (Å²) in [7, 11) is 0. The Morgan fingerprint density at radius 3 is 2.74 bits per heavy atom. The molecule has 1 saturated heterocycles. The topological polar surface area (TPSA) is 94.4 Å². The number of aromatic nitrogens is 4. The average Bonchev–Trinajstić information content (AvgIpc) is 3.23. The summed E-state index contributed by atoms with van der Waals surface area (Å²) in [5, 5.41) is 11.9. The van der Waals surface area contributed by atoms with Gasteiger partial charge in [0, 0.05) is 30.8 Å². The van der Waals surface area contributed by atoms with Gasteiger partial charge in [-0.15, -0.1) is 29.9 Å². The molecule has 0 radical (unpaired) electrons. The minimum atomic E-state index is -0.253. The summed E-state index contributed by atoms with van der Waals surface area (Å²) in [5.74, 6) is 0.853. The Bertz CT molecular complexity index is 1270. The van der Waals surface area contributed by atoms with Gasteiger partial charge < -0.3 is 24.3 Å². The van der Waals surface area contributed by atoms with E-state index in [2.05, 4.69) is 25.4 Å². The van der Waals surface area contributed by atoms with Gasteiger partial charge in [0.25, 0.3) is 11.4 Å². The summed E-state index contributed by atoms with van der Waals surface area (Å²) in [4.78, 5) is 19.1. The number of rotatable bonds is 5. The number of nitrogens with one attached hydrogen (secondary N) is 1. The van der Waals surface area contributed by atoms with Gasteiger partial charge in [0.1, 0.15) is 19.0 Å². The van der Waals surface area contributed by atoms with Crippen LogP contribution in [0, 0.1) is 5.82 Å². The van der Waals surface area contributed by atoms with Crippen molar-refractivity contribution in [2.24, 2.45) is 0 Å². The van der Waals surface area contributed by atoms with E-state index in [9.17, 15) is 9.18 Å². The van der Waals surface area contributed by atoms with Crippen molar-refractivity contribution in [3.05, 3.63) is 51.8 Å². The fraction of sp³-hybridized carbons (Fsp3) is 0.478. The standard InChI is InChI=1S/C23H25FN6O3.2ClH/c24-18-1-2-19-22-17(18)10-16(30(22)21(31)12-26-19)13-29-5-3-14(4-6-29)25-11-15-9-20-23(28-27-15)33-8-7-32-20;;/h1-2,9,12,14,16,25H,3-8,10-11,13H2;2*1H. The van der Waals surface area contributed by atoms with Crippen molar-refractivity contribution in [1.82, 2.24) is 30.0 Å². The Kier molecular flexibility index (Phi) is 7.75. The molecule has 0 bridgehead atoms. The van der Waals surface area contributed by atoms with Crippen LogP contribution in [-0.4, -0.2) is 63.5 Å². The van der Waals surface area contributed by atoms with Crippen molar-refractivity contribution in [3.63, 3.8) is 0 Å². The molecule has 3 aliphatic heterocycles. The Morgan fingerprint density at radius 2 is 1.91 bits per heavy atom. The fourth-order valence-electron chi connectivity index (χ4n) is 5.15. The summed E-state index contributed by atoms with van der Waals surface area (Å²) in [5.41, 5.74) is 2.62. The molecule has 3 aliphatic rings. The van der Waals surface area contributed by atoms with E-state index < -0.39 is 0 Å². The lowest BCUT2D eigenvalue weighted by Gasteiger charge is -2.34. The number of benzene rings is 1. The molecule has 0 aliphatic carbocycles. The van der Waals surface area contributed by atoms with Crippen LogP contribution in [0.15, 0.2) is 29.2 Å². The number of hydrogen-bond donors (Lipinski definition) is 1. The molecule has 35 heavy (non-hydrogen) atoms. The summed E-state index contributed by atoms with van der Waals surface area (Å²) in [6, 6.07) is 5.30. The maximum absolute atomic E-state index is 14.4. The molecule has 0 saturated carbocycles. The highest BCUT2D eigenvalue weighted by Crippen LogP contribution is 2.32. The number of halogens is 3. The van der Waals surface area contributed by atoms with Crippen LogP contribution in [0.3, 0.4) is 0 Å². The molecule has 0 spiro atoms. The van der Waals surface area contributed by atoms with E-state index in [1.54, 1.807) is 10.6 Å². The number of fused-ring (bicyclic) bond motifs is 1. The smallest absolute Gasteiger partial charge is 0.276 e. The van der Waals surface area contributed by atoms with Crippen molar-refractivity contribution in [2.75, 3.05) is 32.8 Å². The molecule has 9 nitrogen and oxygen atoms in total. The van der Waals surface area contributed by atoms with Crippen LogP contribution in [0.5, 0.6) is 11.6 Å². The Morgan fingerprint density at radius 1 is 1.11 bits per heavy atom. The molecule has 12 heteroatoms. The van der Waals surface area contributed by atoms with Crippen LogP contribution >= 0.6 is 24.8 Å². The maximum atomic E-state index is 14.4. The van der Waals surface area contributed by atoms with Crippen molar-refractivity contribution in [1.29, 1.82) is 0 Å². The van der Waals surface area contributed by atoms with Gasteiger partial charge in [-0.05, 0) is 44.5 Å². The fourth-order valence-corrected chi connectivity index (χ4v) is 5.15. The Hall–Kier alpha value is -2.53. The number of ether oxygens (including phenoxy) is 2. The third kappa shape index (κ3) is 4.93. The predicted molar refractivity (Wildman–Crippen MR) is 133 cm³/mol. The molecule has 1 fully saturated rings. The summed E-state index contributed by atoms with van der Waals surface area (Å²) in [6.45, 7) is 4.22. The van der Waals surface area contributed by atoms with Crippen LogP contribution < -0.4 is 20.3 Å². The Labute approximate surface area is 213 Å². The lowest BCUT2D eigenvalue weighted by atomic mass is 10.0. The highest BCUT2D eigenvalue weighted by Gasteiger charge is 2.31. The van der Waals surface area contributed by atoms with Crippen LogP contribution in [0.2, 0.25) is 0 Å². The number of hydrogen-bond acceptors (Lipinski definition) is 8. The van der Waals surface area contributed by atoms with Crippen LogP contribution in [0.4, 0.5) is 4.39 Å². The Balaban J connectivity index is 0.00000144. The van der Waals surface area contributed by atoms with Crippen molar-refractivity contribution < 1.29 is 13.9 Å². The van der Waals surface area contributed by atoms with Gasteiger partial charge in [0.15, 0.2) is 5.75 Å². The quantitative estimate of drug-likeness (QED) is 0.543. The van der Waals surface area contributed by atoms with Crippen LogP contribution in [0.1, 0.15) is 30.1 Å². The third-order valence-corrected chi connectivity index (χ3v) is 6.79. The van der Waals surface area contributed by atoms with Gasteiger partial charge in [-0.2, -0.15) is 5.10 Å². The van der Waals surface area contributed by atoms with E-state index in [0.29, 0.717) is 60.4 Å². The zero-order chi connectivity index (χ0) is 22.4. The average molecular weight is 525 g/mol. The van der Waals surface area contributed by atoms with Gasteiger partial charge in [-0.3, -0.25) is 4.79 Å². The van der Waals surface area contributed by atoms with E-state index in [1.165, 1.54) is 12.3 Å². The van der Waals surface area contributed by atoms with Crippen molar-refractivity contribution >= 4 is 35.8 Å². The van der Waals surface area contributed by atoms with Gasteiger partial charge >= 0.3 is 0 Å². The second-order valence-corrected chi connectivity index (χ2v) is 8.88. The third-order valence-electron chi connectivity index (χ3n) is 6.79. The zero-order valence-electron chi connectivity index (χ0n) is 19.0. The second-order valence-electron chi connectivity index (χ2n) is 8.88. The zero-order valence-corrected chi connectivity index (χ0v) is 20.6. The van der Waals surface area contributed by atoms with E-state index in [-0.39, 0.29) is 42.2 Å². The molecular weight excluding hydrogens is 498 g/mol. The molecule has 1 aromatic carbocycles. The molecule has 6 rings (SSSR count). The first-order valence-electron chi connectivity index (χ1n) is 11.4. The first-order valence-corrected chi connectivity index (χ1v) is 11.4. The van der Waals surface area contributed by atoms with E-state index in [1.807, 2.05) is 6.07 Å².